The summed E-state index contributed by atoms with van der Waals surface area (Å²) in [6, 6.07) is 5.55. The van der Waals surface area contributed by atoms with Gasteiger partial charge in [-0.25, -0.2) is 9.78 Å². The Bertz CT molecular complexity index is 612. The van der Waals surface area contributed by atoms with E-state index in [1.165, 1.54) is 11.3 Å². The molecule has 0 bridgehead atoms. The molecule has 4 nitrogen and oxygen atoms in total. The summed E-state index contributed by atoms with van der Waals surface area (Å²) < 4.78 is 6.52. The van der Waals surface area contributed by atoms with E-state index in [0.717, 1.165) is 15.2 Å². The lowest BCUT2D eigenvalue weighted by molar-refractivity contribution is -0.149. The van der Waals surface area contributed by atoms with Gasteiger partial charge in [-0.15, -0.1) is 11.3 Å². The maximum Gasteiger partial charge on any atom is 0.332 e. The molecule has 1 aromatic heterocycles. The number of hydrogen-bond acceptors (Lipinski definition) is 4. The zero-order valence-corrected chi connectivity index (χ0v) is 10.9. The van der Waals surface area contributed by atoms with Crippen molar-refractivity contribution in [2.45, 2.75) is 25.0 Å². The molecular formula is C12H10ClNO3S. The van der Waals surface area contributed by atoms with Crippen molar-refractivity contribution in [2.75, 3.05) is 0 Å². The maximum atomic E-state index is 10.8. The van der Waals surface area contributed by atoms with Gasteiger partial charge in [0.15, 0.2) is 6.10 Å². The van der Waals surface area contributed by atoms with Crippen LogP contribution in [0.2, 0.25) is 5.02 Å². The third-order valence-corrected chi connectivity index (χ3v) is 4.30. The summed E-state index contributed by atoms with van der Waals surface area (Å²) >= 11 is 7.44. The van der Waals surface area contributed by atoms with E-state index in [9.17, 15) is 4.79 Å². The highest BCUT2D eigenvalue weighted by molar-refractivity contribution is 7.18. The lowest BCUT2D eigenvalue weighted by Crippen LogP contribution is -2.18. The van der Waals surface area contributed by atoms with Crippen molar-refractivity contribution in [3.8, 4) is 0 Å². The molecule has 2 aromatic rings. The summed E-state index contributed by atoms with van der Waals surface area (Å²) in [5.41, 5.74) is 0.838. The van der Waals surface area contributed by atoms with Crippen LogP contribution in [0.3, 0.4) is 0 Å². The molecule has 1 N–H and O–H groups in total. The van der Waals surface area contributed by atoms with Gasteiger partial charge >= 0.3 is 5.97 Å². The lowest BCUT2D eigenvalue weighted by Gasteiger charge is -2.07. The number of carboxylic acid groups (broad SMARTS) is 1. The molecule has 18 heavy (non-hydrogen) atoms. The highest BCUT2D eigenvalue weighted by atomic mass is 35.5. The number of rotatable bonds is 2. The molecule has 1 saturated heterocycles. The fourth-order valence-electron chi connectivity index (χ4n) is 2.06. The lowest BCUT2D eigenvalue weighted by atomic mass is 10.2. The first-order valence-corrected chi connectivity index (χ1v) is 6.77. The van der Waals surface area contributed by atoms with Crippen LogP contribution in [-0.2, 0) is 9.53 Å². The number of halogens is 1. The molecular weight excluding hydrogens is 274 g/mol. The van der Waals surface area contributed by atoms with Crippen LogP contribution in [0.4, 0.5) is 0 Å². The largest absolute Gasteiger partial charge is 0.479 e. The summed E-state index contributed by atoms with van der Waals surface area (Å²) in [5, 5.41) is 10.4. The highest BCUT2D eigenvalue weighted by Gasteiger charge is 2.33. The molecule has 6 heteroatoms. The van der Waals surface area contributed by atoms with E-state index in [0.29, 0.717) is 17.9 Å². The van der Waals surface area contributed by atoms with Crippen LogP contribution in [0.5, 0.6) is 0 Å². The van der Waals surface area contributed by atoms with Gasteiger partial charge < -0.3 is 9.84 Å². The average Bonchev–Trinajstić information content (AvgIpc) is 2.93. The minimum Gasteiger partial charge on any atom is -0.479 e. The van der Waals surface area contributed by atoms with Gasteiger partial charge in [0.2, 0.25) is 0 Å². The molecule has 1 aromatic carbocycles. The Morgan fingerprint density at radius 1 is 1.50 bits per heavy atom. The molecule has 3 rings (SSSR count). The van der Waals surface area contributed by atoms with Crippen LogP contribution in [0, 0.1) is 0 Å². The highest BCUT2D eigenvalue weighted by Crippen LogP contribution is 2.37. The molecule has 0 saturated carbocycles. The number of hydrogen-bond donors (Lipinski definition) is 1. The maximum absolute atomic E-state index is 10.8. The topological polar surface area (TPSA) is 59.4 Å². The van der Waals surface area contributed by atoms with E-state index in [2.05, 4.69) is 4.98 Å². The number of aromatic nitrogens is 1. The van der Waals surface area contributed by atoms with Crippen molar-refractivity contribution < 1.29 is 14.6 Å². The number of aliphatic carboxylic acids is 1. The predicted molar refractivity (Wildman–Crippen MR) is 69.1 cm³/mol. The number of carboxylic acids is 1. The molecule has 0 spiro atoms. The van der Waals surface area contributed by atoms with E-state index in [1.54, 1.807) is 6.07 Å². The minimum atomic E-state index is -0.901. The third kappa shape index (κ3) is 2.09. The molecule has 2 unspecified atom stereocenters. The second-order valence-electron chi connectivity index (χ2n) is 4.19. The van der Waals surface area contributed by atoms with Gasteiger partial charge in [0.1, 0.15) is 11.1 Å². The minimum absolute atomic E-state index is 0.206. The third-order valence-electron chi connectivity index (χ3n) is 2.94. The zero-order chi connectivity index (χ0) is 12.7. The first-order chi connectivity index (χ1) is 8.63. The quantitative estimate of drug-likeness (QED) is 0.919. The van der Waals surface area contributed by atoms with Gasteiger partial charge in [0.25, 0.3) is 0 Å². The molecule has 1 aliphatic heterocycles. The van der Waals surface area contributed by atoms with Crippen molar-refractivity contribution in [3.63, 3.8) is 0 Å². The fourth-order valence-corrected chi connectivity index (χ4v) is 3.24. The molecule has 1 fully saturated rings. The summed E-state index contributed by atoms with van der Waals surface area (Å²) in [5.74, 6) is -0.901. The van der Waals surface area contributed by atoms with Crippen molar-refractivity contribution in [1.29, 1.82) is 0 Å². The molecule has 0 aliphatic carbocycles. The second-order valence-corrected chi connectivity index (χ2v) is 5.69. The summed E-state index contributed by atoms with van der Waals surface area (Å²) in [6.07, 6.45) is 0.328. The Morgan fingerprint density at radius 2 is 2.33 bits per heavy atom. The number of carbonyl (C=O) groups is 1. The second kappa shape index (κ2) is 4.50. The van der Waals surface area contributed by atoms with Crippen LogP contribution >= 0.6 is 22.9 Å². The molecule has 1 aliphatic rings. The standard InChI is InChI=1S/C12H10ClNO3S/c13-6-1-4-10-7(5-6)14-11(18-10)8-2-3-9(17-8)12(15)16/h1,4-5,8-9H,2-3H2,(H,15,16). The average molecular weight is 284 g/mol. The van der Waals surface area contributed by atoms with Crippen molar-refractivity contribution in [1.82, 2.24) is 4.98 Å². The monoisotopic (exact) mass is 283 g/mol. The van der Waals surface area contributed by atoms with E-state index in [1.807, 2.05) is 12.1 Å². The van der Waals surface area contributed by atoms with Crippen LogP contribution in [0.15, 0.2) is 18.2 Å². The first-order valence-electron chi connectivity index (χ1n) is 5.58. The Hall–Kier alpha value is -1.17. The summed E-state index contributed by atoms with van der Waals surface area (Å²) in [6.45, 7) is 0. The summed E-state index contributed by atoms with van der Waals surface area (Å²) in [7, 11) is 0. The zero-order valence-electron chi connectivity index (χ0n) is 9.30. The fraction of sp³-hybridized carbons (Fsp3) is 0.333. The smallest absolute Gasteiger partial charge is 0.332 e. The number of thiazole rings is 1. The molecule has 0 amide bonds. The number of nitrogens with zero attached hydrogens (tertiary/aromatic N) is 1. The van der Waals surface area contributed by atoms with Crippen molar-refractivity contribution in [2.24, 2.45) is 0 Å². The predicted octanol–water partition coefficient (Wildman–Crippen LogP) is 3.25. The van der Waals surface area contributed by atoms with Gasteiger partial charge in [0.05, 0.1) is 10.2 Å². The summed E-state index contributed by atoms with van der Waals surface area (Å²) in [4.78, 5) is 15.3. The SMILES string of the molecule is O=C(O)C1CCC(c2nc3cc(Cl)ccc3s2)O1. The van der Waals surface area contributed by atoms with Gasteiger partial charge in [-0.05, 0) is 31.0 Å². The van der Waals surface area contributed by atoms with Crippen LogP contribution in [0.1, 0.15) is 24.0 Å². The van der Waals surface area contributed by atoms with Gasteiger partial charge in [0, 0.05) is 5.02 Å². The first kappa shape index (κ1) is 11.9. The van der Waals surface area contributed by atoms with Crippen LogP contribution < -0.4 is 0 Å². The number of fused-ring (bicyclic) bond motifs is 1. The van der Waals surface area contributed by atoms with Crippen LogP contribution in [0.25, 0.3) is 10.2 Å². The Morgan fingerprint density at radius 3 is 3.06 bits per heavy atom. The molecule has 2 atom stereocenters. The van der Waals surface area contributed by atoms with Gasteiger partial charge in [-0.3, -0.25) is 0 Å². The van der Waals surface area contributed by atoms with E-state index in [-0.39, 0.29) is 6.10 Å². The van der Waals surface area contributed by atoms with E-state index >= 15 is 0 Å². The van der Waals surface area contributed by atoms with Gasteiger partial charge in [-0.1, -0.05) is 11.6 Å². The Balaban J connectivity index is 1.89. The molecule has 0 radical (unpaired) electrons. The van der Waals surface area contributed by atoms with E-state index < -0.39 is 12.1 Å². The van der Waals surface area contributed by atoms with Crippen molar-refractivity contribution >= 4 is 39.1 Å². The normalized spacial score (nSPS) is 23.6. The van der Waals surface area contributed by atoms with E-state index in [4.69, 9.17) is 21.4 Å². The van der Waals surface area contributed by atoms with Crippen molar-refractivity contribution in [3.05, 3.63) is 28.2 Å². The van der Waals surface area contributed by atoms with Gasteiger partial charge in [-0.2, -0.15) is 0 Å². The van der Waals surface area contributed by atoms with Crippen LogP contribution in [-0.4, -0.2) is 22.2 Å². The molecule has 94 valence electrons. The number of benzene rings is 1. The Kier molecular flexibility index (Phi) is 2.97. The number of ether oxygens (including phenoxy) is 1. The Labute approximate surface area is 112 Å². The molecule has 2 heterocycles.